The number of nitrogens with zero attached hydrogens (tertiary/aromatic N) is 1. The number of hydrogen-bond acceptors (Lipinski definition) is 4. The van der Waals surface area contributed by atoms with Gasteiger partial charge in [-0.1, -0.05) is 18.7 Å². The zero-order valence-corrected chi connectivity index (χ0v) is 9.93. The van der Waals surface area contributed by atoms with Crippen LogP contribution in [0.4, 0.5) is 0 Å². The van der Waals surface area contributed by atoms with Gasteiger partial charge in [-0.25, -0.2) is 9.78 Å². The van der Waals surface area contributed by atoms with Crippen LogP contribution in [-0.4, -0.2) is 18.1 Å². The summed E-state index contributed by atoms with van der Waals surface area (Å²) < 4.78 is 5.71. The Morgan fingerprint density at radius 2 is 2.25 bits per heavy atom. The first kappa shape index (κ1) is 10.8. The smallest absolute Gasteiger partial charge is 0.337 e. The molecule has 0 radical (unpaired) electrons. The molecule has 0 fully saturated rings. The van der Waals surface area contributed by atoms with Crippen LogP contribution in [0.25, 0.3) is 15.8 Å². The highest BCUT2D eigenvalue weighted by Gasteiger charge is 2.14. The Hall–Kier alpha value is -1.68. The van der Waals surface area contributed by atoms with E-state index in [9.17, 15) is 4.79 Å². The van der Waals surface area contributed by atoms with Gasteiger partial charge in [0.05, 0.1) is 27.9 Å². The number of benzene rings is 1. The predicted octanol–water partition coefficient (Wildman–Crippen LogP) is 2.79. The molecule has 0 amide bonds. The first-order chi connectivity index (χ1) is 7.63. The second kappa shape index (κ2) is 4.06. The number of para-hydroxylation sites is 1. The van der Waals surface area contributed by atoms with Crippen molar-refractivity contribution in [2.75, 3.05) is 7.11 Å². The lowest BCUT2D eigenvalue weighted by Crippen LogP contribution is -2.02. The first-order valence-corrected chi connectivity index (χ1v) is 5.59. The minimum absolute atomic E-state index is 0.346. The van der Waals surface area contributed by atoms with E-state index in [2.05, 4.69) is 16.3 Å². The quantitative estimate of drug-likeness (QED) is 0.591. The SMILES string of the molecule is C=C(C(=O)OC)c1cccc2sc(C)nc12. The van der Waals surface area contributed by atoms with Crippen LogP contribution in [0.15, 0.2) is 24.8 Å². The van der Waals surface area contributed by atoms with Crippen molar-refractivity contribution in [3.05, 3.63) is 35.3 Å². The lowest BCUT2D eigenvalue weighted by atomic mass is 10.1. The molecule has 82 valence electrons. The lowest BCUT2D eigenvalue weighted by Gasteiger charge is -2.03. The number of methoxy groups -OCH3 is 1. The molecule has 0 unspecified atom stereocenters. The molecular formula is C12H11NO2S. The van der Waals surface area contributed by atoms with Crippen LogP contribution in [0.3, 0.4) is 0 Å². The summed E-state index contributed by atoms with van der Waals surface area (Å²) in [6, 6.07) is 5.71. The summed E-state index contributed by atoms with van der Waals surface area (Å²) in [7, 11) is 1.35. The van der Waals surface area contributed by atoms with E-state index in [1.54, 1.807) is 11.3 Å². The van der Waals surface area contributed by atoms with Crippen molar-refractivity contribution in [1.29, 1.82) is 0 Å². The number of aromatic nitrogens is 1. The number of rotatable bonds is 2. The van der Waals surface area contributed by atoms with Gasteiger partial charge in [-0.2, -0.15) is 0 Å². The third kappa shape index (κ3) is 1.72. The van der Waals surface area contributed by atoms with Crippen LogP contribution in [0.1, 0.15) is 10.6 Å². The van der Waals surface area contributed by atoms with Crippen LogP contribution < -0.4 is 0 Å². The predicted molar refractivity (Wildman–Crippen MR) is 65.4 cm³/mol. The zero-order valence-electron chi connectivity index (χ0n) is 9.11. The van der Waals surface area contributed by atoms with E-state index in [0.29, 0.717) is 5.57 Å². The van der Waals surface area contributed by atoms with Crippen LogP contribution in [-0.2, 0) is 9.53 Å². The van der Waals surface area contributed by atoms with Crippen molar-refractivity contribution >= 4 is 33.1 Å². The first-order valence-electron chi connectivity index (χ1n) is 4.77. The average molecular weight is 233 g/mol. The summed E-state index contributed by atoms with van der Waals surface area (Å²) in [6.45, 7) is 5.69. The summed E-state index contributed by atoms with van der Waals surface area (Å²) in [4.78, 5) is 15.8. The molecule has 0 N–H and O–H groups in total. The van der Waals surface area contributed by atoms with Crippen molar-refractivity contribution < 1.29 is 9.53 Å². The van der Waals surface area contributed by atoms with Crippen molar-refractivity contribution in [3.63, 3.8) is 0 Å². The Balaban J connectivity index is 2.60. The summed E-state index contributed by atoms with van der Waals surface area (Å²) in [5, 5.41) is 0.972. The minimum Gasteiger partial charge on any atom is -0.465 e. The standard InChI is InChI=1S/C12H11NO2S/c1-7(12(14)15-3)9-5-4-6-10-11(9)13-8(2)16-10/h4-6H,1H2,2-3H3. The van der Waals surface area contributed by atoms with Gasteiger partial charge in [-0.3, -0.25) is 0 Å². The maximum atomic E-state index is 11.4. The number of hydrogen-bond donors (Lipinski definition) is 0. The van der Waals surface area contributed by atoms with E-state index < -0.39 is 5.97 Å². The highest BCUT2D eigenvalue weighted by molar-refractivity contribution is 7.18. The molecule has 2 rings (SSSR count). The van der Waals surface area contributed by atoms with E-state index >= 15 is 0 Å². The monoisotopic (exact) mass is 233 g/mol. The van der Waals surface area contributed by atoms with Crippen LogP contribution in [0.5, 0.6) is 0 Å². The Morgan fingerprint density at radius 3 is 2.94 bits per heavy atom. The van der Waals surface area contributed by atoms with Gasteiger partial charge < -0.3 is 4.74 Å². The van der Waals surface area contributed by atoms with Crippen molar-refractivity contribution in [1.82, 2.24) is 4.98 Å². The number of ether oxygens (including phenoxy) is 1. The number of esters is 1. The van der Waals surface area contributed by atoms with Gasteiger partial charge in [0.15, 0.2) is 0 Å². The van der Waals surface area contributed by atoms with E-state index in [-0.39, 0.29) is 0 Å². The summed E-state index contributed by atoms with van der Waals surface area (Å²) in [5.74, 6) is -0.418. The highest BCUT2D eigenvalue weighted by Crippen LogP contribution is 2.28. The molecule has 0 aliphatic heterocycles. The number of carbonyl (C=O) groups excluding carboxylic acids is 1. The van der Waals surface area contributed by atoms with Gasteiger partial charge in [0.1, 0.15) is 0 Å². The van der Waals surface area contributed by atoms with Gasteiger partial charge in [-0.15, -0.1) is 11.3 Å². The van der Waals surface area contributed by atoms with Gasteiger partial charge in [0.25, 0.3) is 0 Å². The molecule has 1 heterocycles. The molecule has 0 aliphatic carbocycles. The maximum Gasteiger partial charge on any atom is 0.337 e. The second-order valence-electron chi connectivity index (χ2n) is 3.36. The van der Waals surface area contributed by atoms with E-state index in [0.717, 1.165) is 20.8 Å². The summed E-state index contributed by atoms with van der Waals surface area (Å²) >= 11 is 1.60. The second-order valence-corrected chi connectivity index (χ2v) is 4.59. The third-order valence-electron chi connectivity index (χ3n) is 2.28. The van der Waals surface area contributed by atoms with Gasteiger partial charge in [0.2, 0.25) is 0 Å². The molecule has 4 heteroatoms. The highest BCUT2D eigenvalue weighted by atomic mass is 32.1. The van der Waals surface area contributed by atoms with E-state index in [4.69, 9.17) is 0 Å². The van der Waals surface area contributed by atoms with Crippen molar-refractivity contribution in [3.8, 4) is 0 Å². The van der Waals surface area contributed by atoms with Crippen LogP contribution in [0.2, 0.25) is 0 Å². The fourth-order valence-electron chi connectivity index (χ4n) is 1.54. The Bertz CT molecular complexity index is 571. The van der Waals surface area contributed by atoms with Gasteiger partial charge in [-0.05, 0) is 13.0 Å². The number of thiazole rings is 1. The fraction of sp³-hybridized carbons (Fsp3) is 0.167. The molecule has 1 aromatic heterocycles. The molecule has 0 saturated carbocycles. The Morgan fingerprint density at radius 1 is 1.50 bits per heavy atom. The van der Waals surface area contributed by atoms with Gasteiger partial charge in [0, 0.05) is 5.56 Å². The topological polar surface area (TPSA) is 39.2 Å². The summed E-state index contributed by atoms with van der Waals surface area (Å²) in [6.07, 6.45) is 0. The Kier molecular flexibility index (Phi) is 2.75. The normalized spacial score (nSPS) is 10.4. The molecular weight excluding hydrogens is 222 g/mol. The van der Waals surface area contributed by atoms with Crippen molar-refractivity contribution in [2.45, 2.75) is 6.92 Å². The Labute approximate surface area is 97.4 Å². The largest absolute Gasteiger partial charge is 0.465 e. The molecule has 0 spiro atoms. The number of fused-ring (bicyclic) bond motifs is 1. The lowest BCUT2D eigenvalue weighted by molar-refractivity contribution is -0.133. The van der Waals surface area contributed by atoms with E-state index in [1.165, 1.54) is 7.11 Å². The molecule has 16 heavy (non-hydrogen) atoms. The molecule has 3 nitrogen and oxygen atoms in total. The van der Waals surface area contributed by atoms with Crippen molar-refractivity contribution in [2.24, 2.45) is 0 Å². The fourth-order valence-corrected chi connectivity index (χ4v) is 2.39. The molecule has 0 saturated heterocycles. The zero-order chi connectivity index (χ0) is 11.7. The molecule has 1 aromatic carbocycles. The van der Waals surface area contributed by atoms with Crippen LogP contribution in [0, 0.1) is 6.92 Å². The number of carbonyl (C=O) groups is 1. The molecule has 0 bridgehead atoms. The number of aryl methyl sites for hydroxylation is 1. The van der Waals surface area contributed by atoms with E-state index in [1.807, 2.05) is 25.1 Å². The minimum atomic E-state index is -0.418. The molecule has 0 aliphatic rings. The van der Waals surface area contributed by atoms with Crippen LogP contribution >= 0.6 is 11.3 Å². The molecule has 0 atom stereocenters. The maximum absolute atomic E-state index is 11.4. The molecule has 2 aromatic rings. The van der Waals surface area contributed by atoms with Gasteiger partial charge >= 0.3 is 5.97 Å². The summed E-state index contributed by atoms with van der Waals surface area (Å²) in [5.41, 5.74) is 1.91. The average Bonchev–Trinajstić information content (AvgIpc) is 2.66. The third-order valence-corrected chi connectivity index (χ3v) is 3.22.